The molecule has 1 aliphatic heterocycles. The van der Waals surface area contributed by atoms with Crippen LogP contribution in [0.1, 0.15) is 42.6 Å². The number of nitrogens with two attached hydrogens (primary N) is 1. The SMILES string of the molecule is NCCCCCc1nc(C2Cc3ccccc3O2)no1. The molecule has 3 rings (SSSR count). The van der Waals surface area contributed by atoms with Crippen molar-refractivity contribution in [1.29, 1.82) is 0 Å². The van der Waals surface area contributed by atoms with E-state index in [-0.39, 0.29) is 6.10 Å². The van der Waals surface area contributed by atoms with Crippen molar-refractivity contribution in [2.24, 2.45) is 5.73 Å². The lowest BCUT2D eigenvalue weighted by Crippen LogP contribution is -2.05. The number of aryl methyl sites for hydroxylation is 1. The predicted octanol–water partition coefficient (Wildman–Crippen LogP) is 2.42. The summed E-state index contributed by atoms with van der Waals surface area (Å²) in [4.78, 5) is 4.44. The van der Waals surface area contributed by atoms with E-state index >= 15 is 0 Å². The molecule has 5 nitrogen and oxygen atoms in total. The van der Waals surface area contributed by atoms with E-state index in [1.807, 2.05) is 18.2 Å². The van der Waals surface area contributed by atoms with Gasteiger partial charge in [0.05, 0.1) is 0 Å². The zero-order chi connectivity index (χ0) is 13.8. The van der Waals surface area contributed by atoms with Crippen molar-refractivity contribution >= 4 is 0 Å². The third kappa shape index (κ3) is 2.82. The number of nitrogens with zero attached hydrogens (tertiary/aromatic N) is 2. The normalized spacial score (nSPS) is 16.9. The fraction of sp³-hybridized carbons (Fsp3) is 0.467. The summed E-state index contributed by atoms with van der Waals surface area (Å²) in [5.41, 5.74) is 6.67. The fourth-order valence-corrected chi connectivity index (χ4v) is 2.42. The number of hydrogen-bond acceptors (Lipinski definition) is 5. The third-order valence-corrected chi connectivity index (χ3v) is 3.51. The van der Waals surface area contributed by atoms with Crippen LogP contribution in [-0.4, -0.2) is 16.7 Å². The number of aromatic nitrogens is 2. The molecule has 2 aromatic rings. The lowest BCUT2D eigenvalue weighted by atomic mass is 10.1. The number of fused-ring (bicyclic) bond motifs is 1. The van der Waals surface area contributed by atoms with Gasteiger partial charge in [-0.25, -0.2) is 0 Å². The number of benzene rings is 1. The Kier molecular flexibility index (Phi) is 3.97. The van der Waals surface area contributed by atoms with Gasteiger partial charge in [0.15, 0.2) is 6.10 Å². The molecule has 0 amide bonds. The van der Waals surface area contributed by atoms with Crippen LogP contribution in [0.2, 0.25) is 0 Å². The molecular weight excluding hydrogens is 254 g/mol. The summed E-state index contributed by atoms with van der Waals surface area (Å²) >= 11 is 0. The highest BCUT2D eigenvalue weighted by molar-refractivity contribution is 5.37. The van der Waals surface area contributed by atoms with Gasteiger partial charge < -0.3 is 15.0 Å². The minimum absolute atomic E-state index is 0.117. The fourth-order valence-electron chi connectivity index (χ4n) is 2.42. The van der Waals surface area contributed by atoms with Gasteiger partial charge >= 0.3 is 0 Å². The maximum atomic E-state index is 5.85. The van der Waals surface area contributed by atoms with Gasteiger partial charge in [0.1, 0.15) is 5.75 Å². The highest BCUT2D eigenvalue weighted by atomic mass is 16.5. The van der Waals surface area contributed by atoms with Crippen LogP contribution >= 0.6 is 0 Å². The molecule has 1 aromatic carbocycles. The molecule has 0 saturated heterocycles. The molecule has 1 unspecified atom stereocenters. The molecule has 20 heavy (non-hydrogen) atoms. The Labute approximate surface area is 118 Å². The summed E-state index contributed by atoms with van der Waals surface area (Å²) in [6.45, 7) is 0.739. The second kappa shape index (κ2) is 6.05. The van der Waals surface area contributed by atoms with E-state index in [9.17, 15) is 0 Å². The standard InChI is InChI=1S/C15H19N3O2/c16-9-5-1-2-8-14-17-15(18-20-14)13-10-11-6-3-4-7-12(11)19-13/h3-4,6-7,13H,1-2,5,8-10,16H2. The van der Waals surface area contributed by atoms with Crippen molar-refractivity contribution in [3.05, 3.63) is 41.5 Å². The number of unbranched alkanes of at least 4 members (excludes halogenated alkanes) is 2. The number of para-hydroxylation sites is 1. The summed E-state index contributed by atoms with van der Waals surface area (Å²) in [6.07, 6.45) is 4.68. The predicted molar refractivity (Wildman–Crippen MR) is 74.4 cm³/mol. The molecular formula is C15H19N3O2. The summed E-state index contributed by atoms with van der Waals surface area (Å²) in [7, 11) is 0. The molecule has 0 saturated carbocycles. The van der Waals surface area contributed by atoms with Crippen molar-refractivity contribution < 1.29 is 9.26 Å². The second-order valence-corrected chi connectivity index (χ2v) is 5.06. The van der Waals surface area contributed by atoms with Crippen LogP contribution in [0.4, 0.5) is 0 Å². The first kappa shape index (κ1) is 13.1. The summed E-state index contributed by atoms with van der Waals surface area (Å²) in [5.74, 6) is 2.26. The lowest BCUT2D eigenvalue weighted by Gasteiger charge is -2.04. The molecule has 2 N–H and O–H groups in total. The molecule has 1 aliphatic rings. The second-order valence-electron chi connectivity index (χ2n) is 5.06. The van der Waals surface area contributed by atoms with Crippen LogP contribution in [0.3, 0.4) is 0 Å². The van der Waals surface area contributed by atoms with Crippen LogP contribution < -0.4 is 10.5 Å². The van der Waals surface area contributed by atoms with E-state index in [0.29, 0.717) is 11.7 Å². The molecule has 2 heterocycles. The smallest absolute Gasteiger partial charge is 0.226 e. The molecule has 0 radical (unpaired) electrons. The van der Waals surface area contributed by atoms with Gasteiger partial charge in [0, 0.05) is 12.8 Å². The van der Waals surface area contributed by atoms with E-state index in [2.05, 4.69) is 16.2 Å². The van der Waals surface area contributed by atoms with E-state index in [4.69, 9.17) is 15.0 Å². The first-order valence-corrected chi connectivity index (χ1v) is 7.14. The minimum atomic E-state index is -0.117. The van der Waals surface area contributed by atoms with Crippen LogP contribution in [0.15, 0.2) is 28.8 Å². The van der Waals surface area contributed by atoms with Gasteiger partial charge in [-0.2, -0.15) is 4.98 Å². The Morgan fingerprint density at radius 2 is 2.10 bits per heavy atom. The Balaban J connectivity index is 1.58. The average molecular weight is 273 g/mol. The largest absolute Gasteiger partial charge is 0.482 e. The minimum Gasteiger partial charge on any atom is -0.482 e. The van der Waals surface area contributed by atoms with Crippen LogP contribution in [0, 0.1) is 0 Å². The third-order valence-electron chi connectivity index (χ3n) is 3.51. The zero-order valence-corrected chi connectivity index (χ0v) is 11.4. The first-order valence-electron chi connectivity index (χ1n) is 7.14. The van der Waals surface area contributed by atoms with Gasteiger partial charge in [-0.15, -0.1) is 0 Å². The Hall–Kier alpha value is -1.88. The summed E-state index contributed by atoms with van der Waals surface area (Å²) < 4.78 is 11.1. The van der Waals surface area contributed by atoms with Crippen molar-refractivity contribution in [2.75, 3.05) is 6.54 Å². The summed E-state index contributed by atoms with van der Waals surface area (Å²) in [6, 6.07) is 8.04. The molecule has 0 spiro atoms. The molecule has 5 heteroatoms. The first-order chi connectivity index (χ1) is 9.86. The molecule has 0 aliphatic carbocycles. The van der Waals surface area contributed by atoms with Crippen molar-refractivity contribution in [2.45, 2.75) is 38.2 Å². The molecule has 1 atom stereocenters. The number of hydrogen-bond donors (Lipinski definition) is 1. The van der Waals surface area contributed by atoms with Crippen molar-refractivity contribution in [1.82, 2.24) is 10.1 Å². The van der Waals surface area contributed by atoms with Gasteiger partial charge in [0.2, 0.25) is 11.7 Å². The Morgan fingerprint density at radius 3 is 2.95 bits per heavy atom. The van der Waals surface area contributed by atoms with Gasteiger partial charge in [-0.1, -0.05) is 29.8 Å². The molecule has 1 aromatic heterocycles. The Bertz CT molecular complexity index is 543. The molecule has 106 valence electrons. The van der Waals surface area contributed by atoms with Gasteiger partial charge in [0.25, 0.3) is 0 Å². The molecule has 0 fully saturated rings. The van der Waals surface area contributed by atoms with E-state index in [1.165, 1.54) is 5.56 Å². The zero-order valence-electron chi connectivity index (χ0n) is 11.4. The van der Waals surface area contributed by atoms with Gasteiger partial charge in [-0.05, 0) is 31.0 Å². The maximum Gasteiger partial charge on any atom is 0.226 e. The van der Waals surface area contributed by atoms with E-state index < -0.39 is 0 Å². The monoisotopic (exact) mass is 273 g/mol. The van der Waals surface area contributed by atoms with Crippen LogP contribution in [0.5, 0.6) is 5.75 Å². The van der Waals surface area contributed by atoms with Crippen LogP contribution in [-0.2, 0) is 12.8 Å². The van der Waals surface area contributed by atoms with Gasteiger partial charge in [-0.3, -0.25) is 0 Å². The highest BCUT2D eigenvalue weighted by Crippen LogP contribution is 2.35. The lowest BCUT2D eigenvalue weighted by molar-refractivity contribution is 0.221. The number of ether oxygens (including phenoxy) is 1. The molecule has 0 bridgehead atoms. The van der Waals surface area contributed by atoms with E-state index in [1.54, 1.807) is 0 Å². The quantitative estimate of drug-likeness (QED) is 0.818. The van der Waals surface area contributed by atoms with Crippen molar-refractivity contribution in [3.63, 3.8) is 0 Å². The maximum absolute atomic E-state index is 5.85. The van der Waals surface area contributed by atoms with Crippen molar-refractivity contribution in [3.8, 4) is 5.75 Å². The number of rotatable bonds is 6. The summed E-state index contributed by atoms with van der Waals surface area (Å²) in [5, 5.41) is 4.04. The topological polar surface area (TPSA) is 74.2 Å². The van der Waals surface area contributed by atoms with E-state index in [0.717, 1.165) is 44.4 Å². The average Bonchev–Trinajstić information content (AvgIpc) is 3.09. The van der Waals surface area contributed by atoms with Crippen LogP contribution in [0.25, 0.3) is 0 Å². The highest BCUT2D eigenvalue weighted by Gasteiger charge is 2.27. The Morgan fingerprint density at radius 1 is 1.20 bits per heavy atom.